The van der Waals surface area contributed by atoms with Gasteiger partial charge in [-0.3, -0.25) is 4.79 Å². The number of nitrogens with one attached hydrogen (secondary N) is 2. The van der Waals surface area contributed by atoms with Crippen LogP contribution in [0.2, 0.25) is 0 Å². The molecular formula is C24H24F4N2O3. The molecule has 4 rings (SSSR count). The van der Waals surface area contributed by atoms with Gasteiger partial charge in [-0.15, -0.1) is 0 Å². The standard InChI is InChI=1S/C24H24F4N2O3/c1-4-13-10-23(33,24(26,27)28)22(15-9-11(2)12(3)21(32)19(13)15)29-17-7-6-16(25)20-14(17)5-8-18(31)30-20/h5-9,13,22,29,32-33H,4,10H2,1-3H3,(H,30,31)/t13-,22-,23?/m0/s1. The number of aromatic amines is 1. The second-order valence-electron chi connectivity index (χ2n) is 8.68. The quantitative estimate of drug-likeness (QED) is 0.395. The molecule has 3 atom stereocenters. The number of hydrogen-bond donors (Lipinski definition) is 4. The molecule has 176 valence electrons. The van der Waals surface area contributed by atoms with Gasteiger partial charge in [-0.25, -0.2) is 4.39 Å². The smallest absolute Gasteiger partial charge is 0.419 e. The van der Waals surface area contributed by atoms with Crippen molar-refractivity contribution < 1.29 is 27.8 Å². The van der Waals surface area contributed by atoms with Crippen LogP contribution in [0.5, 0.6) is 5.75 Å². The highest BCUT2D eigenvalue weighted by atomic mass is 19.4. The Balaban J connectivity index is 1.98. The topological polar surface area (TPSA) is 85.4 Å². The van der Waals surface area contributed by atoms with E-state index in [2.05, 4.69) is 10.3 Å². The van der Waals surface area contributed by atoms with Crippen molar-refractivity contribution >= 4 is 16.6 Å². The molecule has 9 heteroatoms. The number of aryl methyl sites for hydroxylation is 1. The van der Waals surface area contributed by atoms with Crippen molar-refractivity contribution in [3.05, 3.63) is 68.8 Å². The van der Waals surface area contributed by atoms with Crippen molar-refractivity contribution in [2.24, 2.45) is 0 Å². The molecule has 0 saturated heterocycles. The summed E-state index contributed by atoms with van der Waals surface area (Å²) < 4.78 is 57.3. The molecule has 1 unspecified atom stereocenters. The van der Waals surface area contributed by atoms with Gasteiger partial charge in [-0.2, -0.15) is 13.2 Å². The van der Waals surface area contributed by atoms with Crippen molar-refractivity contribution in [3.63, 3.8) is 0 Å². The second-order valence-corrected chi connectivity index (χ2v) is 8.68. The molecule has 1 aliphatic carbocycles. The Morgan fingerprint density at radius 3 is 2.55 bits per heavy atom. The van der Waals surface area contributed by atoms with E-state index in [1.165, 1.54) is 12.1 Å². The number of benzene rings is 2. The largest absolute Gasteiger partial charge is 0.507 e. The SMILES string of the molecule is CC[C@H]1CC(O)(C(F)(F)F)[C@@H](Nc2ccc(F)c3[nH]c(=O)ccc23)c2cc(C)c(C)c(O)c21. The number of H-pyrrole nitrogens is 1. The van der Waals surface area contributed by atoms with Gasteiger partial charge in [0.05, 0.1) is 11.6 Å². The predicted molar refractivity (Wildman–Crippen MR) is 117 cm³/mol. The third-order valence-corrected chi connectivity index (χ3v) is 6.77. The highest BCUT2D eigenvalue weighted by molar-refractivity contribution is 5.91. The first-order valence-electron chi connectivity index (χ1n) is 10.6. The summed E-state index contributed by atoms with van der Waals surface area (Å²) in [5.74, 6) is -1.54. The molecule has 2 aromatic carbocycles. The minimum Gasteiger partial charge on any atom is -0.507 e. The van der Waals surface area contributed by atoms with Crippen LogP contribution in [-0.4, -0.2) is 27.0 Å². The lowest BCUT2D eigenvalue weighted by Gasteiger charge is -2.46. The van der Waals surface area contributed by atoms with Gasteiger partial charge in [0, 0.05) is 22.7 Å². The Bertz CT molecular complexity index is 1300. The number of pyridine rings is 1. The molecule has 1 aliphatic rings. The number of alkyl halides is 3. The maximum absolute atomic E-state index is 14.3. The number of aliphatic hydroxyl groups is 1. The number of phenols is 1. The van der Waals surface area contributed by atoms with Gasteiger partial charge < -0.3 is 20.5 Å². The zero-order chi connectivity index (χ0) is 24.3. The van der Waals surface area contributed by atoms with Crippen LogP contribution in [0, 0.1) is 19.7 Å². The van der Waals surface area contributed by atoms with Crippen molar-refractivity contribution in [3.8, 4) is 5.75 Å². The fourth-order valence-electron chi connectivity index (χ4n) is 4.79. The van der Waals surface area contributed by atoms with E-state index in [1.54, 1.807) is 26.8 Å². The van der Waals surface area contributed by atoms with Gasteiger partial charge in [0.25, 0.3) is 0 Å². The highest BCUT2D eigenvalue weighted by Gasteiger charge is 2.62. The van der Waals surface area contributed by atoms with Gasteiger partial charge in [-0.05, 0) is 67.5 Å². The number of aromatic nitrogens is 1. The third-order valence-electron chi connectivity index (χ3n) is 6.77. The Morgan fingerprint density at radius 2 is 1.91 bits per heavy atom. The van der Waals surface area contributed by atoms with Crippen LogP contribution >= 0.6 is 0 Å². The number of phenolic OH excluding ortho intramolecular Hbond substituents is 1. The third kappa shape index (κ3) is 3.55. The fraction of sp³-hybridized carbons (Fsp3) is 0.375. The van der Waals surface area contributed by atoms with Gasteiger partial charge in [0.1, 0.15) is 11.6 Å². The lowest BCUT2D eigenvalue weighted by atomic mass is 9.68. The molecule has 5 nitrogen and oxygen atoms in total. The lowest BCUT2D eigenvalue weighted by molar-refractivity contribution is -0.272. The summed E-state index contributed by atoms with van der Waals surface area (Å²) in [6.45, 7) is 5.07. The molecule has 33 heavy (non-hydrogen) atoms. The number of rotatable bonds is 3. The summed E-state index contributed by atoms with van der Waals surface area (Å²) in [6, 6.07) is 4.62. The van der Waals surface area contributed by atoms with E-state index in [1.807, 2.05) is 0 Å². The zero-order valence-corrected chi connectivity index (χ0v) is 18.3. The van der Waals surface area contributed by atoms with E-state index >= 15 is 0 Å². The molecule has 0 bridgehead atoms. The van der Waals surface area contributed by atoms with Crippen LogP contribution in [-0.2, 0) is 0 Å². The van der Waals surface area contributed by atoms with Crippen LogP contribution in [0.25, 0.3) is 10.9 Å². The molecule has 1 heterocycles. The van der Waals surface area contributed by atoms with Crippen molar-refractivity contribution in [2.45, 2.75) is 57.3 Å². The molecule has 0 spiro atoms. The number of halogens is 4. The minimum atomic E-state index is -4.99. The average molecular weight is 464 g/mol. The van der Waals surface area contributed by atoms with Crippen molar-refractivity contribution in [1.82, 2.24) is 4.98 Å². The summed E-state index contributed by atoms with van der Waals surface area (Å²) in [4.78, 5) is 14.0. The van der Waals surface area contributed by atoms with E-state index in [-0.39, 0.29) is 34.3 Å². The van der Waals surface area contributed by atoms with Crippen LogP contribution in [0.4, 0.5) is 23.2 Å². The molecule has 0 amide bonds. The van der Waals surface area contributed by atoms with Gasteiger partial charge in [-0.1, -0.05) is 13.0 Å². The highest BCUT2D eigenvalue weighted by Crippen LogP contribution is 2.56. The first kappa shape index (κ1) is 23.1. The molecular weight excluding hydrogens is 440 g/mol. The lowest BCUT2D eigenvalue weighted by Crippen LogP contribution is -2.55. The van der Waals surface area contributed by atoms with E-state index in [0.717, 1.165) is 12.1 Å². The maximum Gasteiger partial charge on any atom is 0.419 e. The Labute approximate surface area is 187 Å². The number of anilines is 1. The molecule has 0 radical (unpaired) electrons. The number of hydrogen-bond acceptors (Lipinski definition) is 4. The number of aromatic hydroxyl groups is 1. The maximum atomic E-state index is 14.3. The van der Waals surface area contributed by atoms with E-state index in [4.69, 9.17) is 0 Å². The Morgan fingerprint density at radius 1 is 1.21 bits per heavy atom. The first-order valence-corrected chi connectivity index (χ1v) is 10.6. The fourth-order valence-corrected chi connectivity index (χ4v) is 4.79. The van der Waals surface area contributed by atoms with Gasteiger partial charge in [0.2, 0.25) is 5.56 Å². The summed E-state index contributed by atoms with van der Waals surface area (Å²) in [7, 11) is 0. The van der Waals surface area contributed by atoms with Gasteiger partial charge in [0.15, 0.2) is 5.60 Å². The van der Waals surface area contributed by atoms with E-state index in [9.17, 15) is 32.6 Å². The second kappa shape index (κ2) is 7.76. The normalized spacial score (nSPS) is 22.9. The van der Waals surface area contributed by atoms with Crippen LogP contribution in [0.3, 0.4) is 0 Å². The first-order chi connectivity index (χ1) is 15.4. The summed E-state index contributed by atoms with van der Waals surface area (Å²) >= 11 is 0. The number of fused-ring (bicyclic) bond motifs is 2. The predicted octanol–water partition coefficient (Wildman–Crippen LogP) is 5.33. The molecule has 0 fully saturated rings. The van der Waals surface area contributed by atoms with Crippen LogP contribution < -0.4 is 10.9 Å². The van der Waals surface area contributed by atoms with Gasteiger partial charge >= 0.3 is 6.18 Å². The molecule has 0 aliphatic heterocycles. The Hall–Kier alpha value is -3.07. The summed E-state index contributed by atoms with van der Waals surface area (Å²) in [6.07, 6.45) is -5.35. The molecule has 4 N–H and O–H groups in total. The molecule has 0 saturated carbocycles. The molecule has 1 aromatic heterocycles. The van der Waals surface area contributed by atoms with Crippen LogP contribution in [0.15, 0.2) is 35.1 Å². The minimum absolute atomic E-state index is 0.0823. The van der Waals surface area contributed by atoms with Crippen molar-refractivity contribution in [2.75, 3.05) is 5.32 Å². The average Bonchev–Trinajstić information content (AvgIpc) is 2.74. The summed E-state index contributed by atoms with van der Waals surface area (Å²) in [5, 5.41) is 24.9. The molecule has 3 aromatic rings. The van der Waals surface area contributed by atoms with Crippen molar-refractivity contribution in [1.29, 1.82) is 0 Å². The summed E-state index contributed by atoms with van der Waals surface area (Å²) in [5.41, 5.74) is -2.13. The van der Waals surface area contributed by atoms with E-state index < -0.39 is 41.5 Å². The Kier molecular flexibility index (Phi) is 5.43. The monoisotopic (exact) mass is 464 g/mol. The van der Waals surface area contributed by atoms with Crippen LogP contribution in [0.1, 0.15) is 54.0 Å². The van der Waals surface area contributed by atoms with E-state index in [0.29, 0.717) is 16.7 Å². The zero-order valence-electron chi connectivity index (χ0n) is 18.3.